The fourth-order valence-corrected chi connectivity index (χ4v) is 5.08. The minimum absolute atomic E-state index is 0. The number of benzene rings is 2. The Morgan fingerprint density at radius 2 is 0.566 bits per heavy atom. The zero-order chi connectivity index (χ0) is 56.5. The summed E-state index contributed by atoms with van der Waals surface area (Å²) >= 11 is 19.1. The van der Waals surface area contributed by atoms with E-state index >= 15 is 0 Å². The molecule has 0 saturated carbocycles. The Hall–Kier alpha value is -5.04. The average molecular weight is 1380 g/mol. The molecule has 0 unspecified atom stereocenters. The van der Waals surface area contributed by atoms with Gasteiger partial charge in [-0.15, -0.1) is 46.4 Å². The maximum Gasteiger partial charge on any atom is 1.00 e. The van der Waals surface area contributed by atoms with Crippen LogP contribution in [0.1, 0.15) is 41.4 Å². The number of hydrogen-bond donors (Lipinski definition) is 0. The van der Waals surface area contributed by atoms with E-state index in [0.29, 0.717) is 22.3 Å². The zero-order valence-corrected chi connectivity index (χ0v) is 46.8. The molecular weight excluding hydrogens is 1340 g/mol. The zero-order valence-electron chi connectivity index (χ0n) is 39.1. The van der Waals surface area contributed by atoms with Gasteiger partial charge in [-0.2, -0.15) is 26.3 Å². The van der Waals surface area contributed by atoms with Gasteiger partial charge in [-0.05, 0) is 84.9 Å². The van der Waals surface area contributed by atoms with Crippen molar-refractivity contribution in [3.63, 3.8) is 0 Å². The largest absolute Gasteiger partial charge is 1.00 e. The van der Waals surface area contributed by atoms with E-state index in [9.17, 15) is 45.5 Å². The van der Waals surface area contributed by atoms with Crippen LogP contribution in [0.15, 0.2) is 147 Å². The van der Waals surface area contributed by atoms with Crippen LogP contribution in [-0.2, 0) is 65.0 Å². The standard InChI is InChI=1S/2C20H18N4O2.2CH2Cl2.2CHF3O3S.2Ag/c2*1-23(17-6-10-21-11-7-17)19(25)15-4-3-5-16(14-15)20(26)24(2)18-8-12-22-13-9-18;2*2-1-3;2*2-1(3,4)8(5,6)7;;/h2*3-14H,1-2H3;2*1H2;2*(H,5,6,7);;/q;;;;;;2*+1/p-2. The third-order valence-electron chi connectivity index (χ3n) is 8.70. The number of hydrogen-bond acceptors (Lipinski definition) is 14. The Bertz CT molecular complexity index is 2600. The Kier molecular flexibility index (Phi) is 34.0. The van der Waals surface area contributed by atoms with Gasteiger partial charge >= 0.3 is 55.8 Å². The van der Waals surface area contributed by atoms with Gasteiger partial charge in [-0.25, -0.2) is 16.8 Å². The van der Waals surface area contributed by atoms with Gasteiger partial charge in [0.15, 0.2) is 20.2 Å². The first kappa shape index (κ1) is 73.0. The first-order valence-electron chi connectivity index (χ1n) is 19.7. The van der Waals surface area contributed by atoms with Gasteiger partial charge < -0.3 is 28.7 Å². The normalized spacial score (nSPS) is 10.4. The molecule has 76 heavy (non-hydrogen) atoms. The number of amides is 4. The monoisotopic (exact) mass is 1370 g/mol. The first-order valence-corrected chi connectivity index (χ1v) is 24.6. The topological polar surface area (TPSA) is 247 Å². The summed E-state index contributed by atoms with van der Waals surface area (Å²) in [6.45, 7) is 0. The molecule has 4 amide bonds. The van der Waals surface area contributed by atoms with E-state index in [-0.39, 0.29) is 79.1 Å². The number of halogens is 10. The second kappa shape index (κ2) is 35.4. The van der Waals surface area contributed by atoms with Gasteiger partial charge in [0.2, 0.25) is 0 Å². The molecule has 0 bridgehead atoms. The molecule has 6 aromatic rings. The van der Waals surface area contributed by atoms with Crippen LogP contribution in [0.5, 0.6) is 0 Å². The van der Waals surface area contributed by atoms with E-state index < -0.39 is 31.3 Å². The van der Waals surface area contributed by atoms with Crippen LogP contribution in [0.4, 0.5) is 49.1 Å². The van der Waals surface area contributed by atoms with Crippen LogP contribution in [0, 0.1) is 0 Å². The second-order valence-corrected chi connectivity index (χ2v) is 17.8. The Labute approximate surface area is 483 Å². The van der Waals surface area contributed by atoms with Crippen molar-refractivity contribution in [2.75, 3.05) is 58.5 Å². The molecule has 0 saturated heterocycles. The van der Waals surface area contributed by atoms with Crippen LogP contribution in [0.25, 0.3) is 0 Å². The minimum atomic E-state index is -6.09. The molecule has 0 fully saturated rings. The van der Waals surface area contributed by atoms with Crippen molar-refractivity contribution >= 4 is 113 Å². The minimum Gasteiger partial charge on any atom is -0.741 e. The average Bonchev–Trinajstić information content (AvgIpc) is 3.38. The fraction of sp³-hybridized carbons (Fsp3) is 0.182. The number of nitrogens with zero attached hydrogens (tertiary/aromatic N) is 8. The van der Waals surface area contributed by atoms with Gasteiger partial charge in [0.25, 0.3) is 23.6 Å². The number of anilines is 4. The smallest absolute Gasteiger partial charge is 0.741 e. The number of aromatic nitrogens is 4. The molecule has 0 spiro atoms. The van der Waals surface area contributed by atoms with E-state index in [2.05, 4.69) is 19.9 Å². The van der Waals surface area contributed by atoms with E-state index in [4.69, 9.17) is 72.3 Å². The maximum atomic E-state index is 12.7. The summed E-state index contributed by atoms with van der Waals surface area (Å²) in [5.41, 5.74) is -6.59. The van der Waals surface area contributed by atoms with Gasteiger partial charge in [-0.3, -0.25) is 39.1 Å². The van der Waals surface area contributed by atoms with Crippen molar-refractivity contribution < 1.29 is 116 Å². The molecule has 0 radical (unpaired) electrons. The quantitative estimate of drug-likeness (QED) is 0.0454. The molecule has 18 nitrogen and oxygen atoms in total. The molecule has 4 aromatic heterocycles. The summed E-state index contributed by atoms with van der Waals surface area (Å²) in [5, 5.41) is 0.389. The third-order valence-corrected chi connectivity index (χ3v) is 9.83. The van der Waals surface area contributed by atoms with Gasteiger partial charge in [-0.1, -0.05) is 12.1 Å². The molecule has 0 N–H and O–H groups in total. The number of alkyl halides is 10. The summed E-state index contributed by atoms with van der Waals surface area (Å²) in [6, 6.07) is 27.5. The predicted octanol–water partition coefficient (Wildman–Crippen LogP) is 9.00. The number of rotatable bonds is 8. The van der Waals surface area contributed by atoms with E-state index in [0.717, 1.165) is 22.7 Å². The fourth-order valence-electron chi connectivity index (χ4n) is 5.08. The maximum absolute atomic E-state index is 12.7. The second-order valence-electron chi connectivity index (χ2n) is 13.4. The summed E-state index contributed by atoms with van der Waals surface area (Å²) in [7, 11) is -5.42. The van der Waals surface area contributed by atoms with Crippen molar-refractivity contribution in [3.05, 3.63) is 169 Å². The molecule has 4 heterocycles. The van der Waals surface area contributed by atoms with Crippen LogP contribution < -0.4 is 19.6 Å². The van der Waals surface area contributed by atoms with Gasteiger partial charge in [0, 0.05) is 123 Å². The van der Waals surface area contributed by atoms with Crippen LogP contribution in [-0.4, -0.2) is 119 Å². The van der Waals surface area contributed by atoms with Crippen LogP contribution in [0.2, 0.25) is 0 Å². The number of pyridine rings is 4. The summed E-state index contributed by atoms with van der Waals surface area (Å²) in [4.78, 5) is 72.8. The Morgan fingerprint density at radius 1 is 0.421 bits per heavy atom. The van der Waals surface area contributed by atoms with Crippen molar-refractivity contribution in [2.24, 2.45) is 0 Å². The summed E-state index contributed by atoms with van der Waals surface area (Å²) in [5.74, 6) is -0.787. The van der Waals surface area contributed by atoms with E-state index in [1.165, 1.54) is 19.6 Å². The van der Waals surface area contributed by atoms with Crippen molar-refractivity contribution in [2.45, 2.75) is 11.0 Å². The Balaban J connectivity index is 0. The molecule has 6 rings (SSSR count). The van der Waals surface area contributed by atoms with Crippen molar-refractivity contribution in [1.82, 2.24) is 19.9 Å². The summed E-state index contributed by atoms with van der Waals surface area (Å²) < 4.78 is 118. The number of carbonyl (C=O) groups excluding carboxylic acids is 4. The van der Waals surface area contributed by atoms with Crippen molar-refractivity contribution in [1.29, 1.82) is 0 Å². The van der Waals surface area contributed by atoms with Gasteiger partial charge in [0.05, 0.1) is 10.7 Å². The van der Waals surface area contributed by atoms with Gasteiger partial charge in [0.1, 0.15) is 0 Å². The molecule has 0 aliphatic rings. The molecule has 0 atom stereocenters. The number of carbonyl (C=O) groups is 4. The van der Waals surface area contributed by atoms with Crippen LogP contribution in [0.3, 0.4) is 0 Å². The molecule has 32 heteroatoms. The predicted molar refractivity (Wildman–Crippen MR) is 265 cm³/mol. The molecule has 0 aliphatic heterocycles. The first-order chi connectivity index (χ1) is 34.5. The molecular formula is C44H40Ag2Cl4F6N8O10S2. The molecule has 0 aliphatic carbocycles. The Morgan fingerprint density at radius 3 is 0.697 bits per heavy atom. The molecule has 420 valence electrons. The van der Waals surface area contributed by atoms with E-state index in [1.807, 2.05) is 0 Å². The van der Waals surface area contributed by atoms with Crippen LogP contribution >= 0.6 is 46.4 Å². The van der Waals surface area contributed by atoms with Crippen molar-refractivity contribution in [3.8, 4) is 0 Å². The van der Waals surface area contributed by atoms with E-state index in [1.54, 1.807) is 175 Å². The SMILES string of the molecule is CN(C(=O)c1cccc(C(=O)N(C)c2ccncc2)c1)c1ccncc1.CN(C(=O)c1cccc(C(=O)N(C)c2ccncc2)c1)c1ccncc1.ClCCl.ClCCl.O=S(=O)([O-])C(F)(F)F.O=S(=O)([O-])C(F)(F)F.[Ag+].[Ag+]. The molecule has 2 aromatic carbocycles. The summed E-state index contributed by atoms with van der Waals surface area (Å²) in [6.07, 6.45) is 13.0. The third kappa shape index (κ3) is 25.0.